The molecule has 2 heterocycles. The summed E-state index contributed by atoms with van der Waals surface area (Å²) in [6.07, 6.45) is 3.79. The number of likely N-dealkylation sites (tertiary alicyclic amines) is 1. The first-order valence-electron chi connectivity index (χ1n) is 11.2. The molecule has 1 aromatic carbocycles. The monoisotopic (exact) mass is 485 g/mol. The number of rotatable bonds is 8. The Morgan fingerprint density at radius 3 is 2.35 bits per heavy atom. The summed E-state index contributed by atoms with van der Waals surface area (Å²) in [6, 6.07) is 9.26. The lowest BCUT2D eigenvalue weighted by molar-refractivity contribution is -0.127. The van der Waals surface area contributed by atoms with Crippen molar-refractivity contribution < 1.29 is 27.9 Å². The average Bonchev–Trinajstić information content (AvgIpc) is 3.57. The molecule has 2 unspecified atom stereocenters. The smallest absolute Gasteiger partial charge is 0.337 e. The molecule has 4 rings (SSSR count). The highest BCUT2D eigenvalue weighted by Gasteiger charge is 2.37. The molecular weight excluding hydrogens is 458 g/mol. The summed E-state index contributed by atoms with van der Waals surface area (Å²) < 4.78 is 25.1. The number of aromatic nitrogens is 1. The van der Waals surface area contributed by atoms with Gasteiger partial charge in [0.05, 0.1) is 21.6 Å². The van der Waals surface area contributed by atoms with Gasteiger partial charge in [-0.2, -0.15) is 0 Å². The van der Waals surface area contributed by atoms with Crippen LogP contribution in [-0.4, -0.2) is 59.5 Å². The maximum absolute atomic E-state index is 13.3. The zero-order chi connectivity index (χ0) is 24.5. The summed E-state index contributed by atoms with van der Waals surface area (Å²) >= 11 is 0. The lowest BCUT2D eigenvalue weighted by atomic mass is 9.87. The van der Waals surface area contributed by atoms with Crippen LogP contribution < -0.4 is 5.32 Å². The van der Waals surface area contributed by atoms with Crippen LogP contribution in [0.2, 0.25) is 0 Å². The number of hydrogen-bond donors (Lipinski definition) is 2. The Labute approximate surface area is 198 Å². The Balaban J connectivity index is 1.55. The van der Waals surface area contributed by atoms with E-state index < -0.39 is 21.7 Å². The molecule has 2 N–H and O–H groups in total. The molecule has 2 atom stereocenters. The van der Waals surface area contributed by atoms with Gasteiger partial charge in [-0.25, -0.2) is 18.2 Å². The van der Waals surface area contributed by atoms with Crippen LogP contribution in [0.25, 0.3) is 0 Å². The molecule has 1 saturated carbocycles. The van der Waals surface area contributed by atoms with Crippen LogP contribution in [0.15, 0.2) is 47.5 Å². The third kappa shape index (κ3) is 5.27. The molecule has 1 aliphatic carbocycles. The first kappa shape index (κ1) is 23.9. The number of carboxylic acids is 1. The van der Waals surface area contributed by atoms with Crippen molar-refractivity contribution in [3.8, 4) is 0 Å². The maximum Gasteiger partial charge on any atom is 0.337 e. The average molecular weight is 486 g/mol. The number of benzene rings is 1. The van der Waals surface area contributed by atoms with Gasteiger partial charge in [0.25, 0.3) is 0 Å². The van der Waals surface area contributed by atoms with Crippen molar-refractivity contribution in [1.29, 1.82) is 0 Å². The van der Waals surface area contributed by atoms with Gasteiger partial charge in [0, 0.05) is 26.2 Å². The number of sulfone groups is 1. The van der Waals surface area contributed by atoms with E-state index in [-0.39, 0.29) is 39.3 Å². The van der Waals surface area contributed by atoms with Crippen LogP contribution in [-0.2, 0) is 19.4 Å². The van der Waals surface area contributed by atoms with E-state index >= 15 is 0 Å². The van der Waals surface area contributed by atoms with Crippen molar-refractivity contribution in [2.75, 3.05) is 18.4 Å². The quantitative estimate of drug-likeness (QED) is 0.587. The first-order chi connectivity index (χ1) is 16.1. The molecule has 2 amide bonds. The summed E-state index contributed by atoms with van der Waals surface area (Å²) in [5, 5.41) is 11.5. The fraction of sp³-hybridized carbons (Fsp3) is 0.417. The number of hydrogen-bond acceptors (Lipinski definition) is 6. The fourth-order valence-electron chi connectivity index (χ4n) is 4.31. The zero-order valence-corrected chi connectivity index (χ0v) is 19.6. The molecule has 0 spiro atoms. The molecule has 1 saturated heterocycles. The van der Waals surface area contributed by atoms with Gasteiger partial charge < -0.3 is 15.3 Å². The Bertz CT molecular complexity index is 1190. The number of anilines is 1. The summed E-state index contributed by atoms with van der Waals surface area (Å²) in [5.41, 5.74) is 0.688. The van der Waals surface area contributed by atoms with Crippen LogP contribution in [0.4, 0.5) is 5.82 Å². The van der Waals surface area contributed by atoms with E-state index in [0.29, 0.717) is 37.9 Å². The number of nitrogens with one attached hydrogen (secondary N) is 1. The van der Waals surface area contributed by atoms with Crippen LogP contribution in [0.3, 0.4) is 0 Å². The van der Waals surface area contributed by atoms with E-state index in [9.17, 15) is 22.8 Å². The van der Waals surface area contributed by atoms with Crippen LogP contribution in [0.5, 0.6) is 0 Å². The third-order valence-corrected chi connectivity index (χ3v) is 8.73. The Morgan fingerprint density at radius 2 is 1.82 bits per heavy atom. The molecule has 2 aliphatic rings. The normalized spacial score (nSPS) is 19.0. The molecule has 2 fully saturated rings. The number of carbonyl (C=O) groups excluding carboxylic acids is 2. The minimum Gasteiger partial charge on any atom is -0.478 e. The van der Waals surface area contributed by atoms with Crippen molar-refractivity contribution >= 4 is 33.4 Å². The minimum absolute atomic E-state index is 0.000794. The van der Waals surface area contributed by atoms with Gasteiger partial charge in [-0.05, 0) is 61.4 Å². The molecular formula is C24H27N3O6S. The highest BCUT2D eigenvalue weighted by molar-refractivity contribution is 7.92. The lowest BCUT2D eigenvalue weighted by Gasteiger charge is -2.21. The maximum atomic E-state index is 13.3. The first-order valence-corrected chi connectivity index (χ1v) is 12.8. The van der Waals surface area contributed by atoms with Crippen LogP contribution in [0, 0.1) is 5.92 Å². The van der Waals surface area contributed by atoms with E-state index in [2.05, 4.69) is 10.3 Å². The Hall–Kier alpha value is -3.27. The molecule has 1 aromatic heterocycles. The molecule has 2 aromatic rings. The summed E-state index contributed by atoms with van der Waals surface area (Å²) in [6.45, 7) is 2.74. The Kier molecular flexibility index (Phi) is 6.70. The van der Waals surface area contributed by atoms with E-state index in [1.165, 1.54) is 25.3 Å². The number of carboxylic acid groups (broad SMARTS) is 1. The van der Waals surface area contributed by atoms with Crippen LogP contribution >= 0.6 is 0 Å². The second-order valence-corrected chi connectivity index (χ2v) is 11.2. The van der Waals surface area contributed by atoms with E-state index in [1.54, 1.807) is 29.2 Å². The number of aromatic carboxylic acids is 1. The Morgan fingerprint density at radius 1 is 1.12 bits per heavy atom. The van der Waals surface area contributed by atoms with E-state index in [0.717, 1.165) is 6.42 Å². The predicted octanol–water partition coefficient (Wildman–Crippen LogP) is 2.70. The number of pyridine rings is 1. The largest absolute Gasteiger partial charge is 0.478 e. The van der Waals surface area contributed by atoms with E-state index in [1.807, 2.05) is 0 Å². The summed E-state index contributed by atoms with van der Waals surface area (Å²) in [4.78, 5) is 42.1. The number of carbonyl (C=O) groups is 3. The van der Waals surface area contributed by atoms with Crippen molar-refractivity contribution in [1.82, 2.24) is 9.88 Å². The number of nitrogens with zero attached hydrogens (tertiary/aromatic N) is 2. The van der Waals surface area contributed by atoms with E-state index in [4.69, 9.17) is 5.11 Å². The fourth-order valence-corrected chi connectivity index (χ4v) is 5.96. The summed E-state index contributed by atoms with van der Waals surface area (Å²) in [5.74, 6) is -1.67. The molecule has 34 heavy (non-hydrogen) atoms. The topological polar surface area (TPSA) is 134 Å². The summed E-state index contributed by atoms with van der Waals surface area (Å²) in [7, 11) is -3.33. The second kappa shape index (κ2) is 9.54. The highest BCUT2D eigenvalue weighted by atomic mass is 32.2. The molecule has 180 valence electrons. The van der Waals surface area contributed by atoms with Gasteiger partial charge in [0.1, 0.15) is 5.82 Å². The van der Waals surface area contributed by atoms with Crippen LogP contribution in [0.1, 0.15) is 54.4 Å². The van der Waals surface area contributed by atoms with Crippen molar-refractivity contribution in [2.45, 2.75) is 48.7 Å². The van der Waals surface area contributed by atoms with Gasteiger partial charge >= 0.3 is 5.97 Å². The predicted molar refractivity (Wildman–Crippen MR) is 124 cm³/mol. The van der Waals surface area contributed by atoms with Crippen molar-refractivity contribution in [3.05, 3.63) is 53.7 Å². The third-order valence-electron chi connectivity index (χ3n) is 6.45. The second-order valence-electron chi connectivity index (χ2n) is 8.95. The van der Waals surface area contributed by atoms with Crippen molar-refractivity contribution in [3.63, 3.8) is 0 Å². The number of amides is 2. The van der Waals surface area contributed by atoms with Gasteiger partial charge in [-0.1, -0.05) is 12.1 Å². The molecule has 10 heteroatoms. The van der Waals surface area contributed by atoms with Gasteiger partial charge in [0.2, 0.25) is 11.8 Å². The molecule has 0 radical (unpaired) electrons. The van der Waals surface area contributed by atoms with Crippen molar-refractivity contribution in [2.24, 2.45) is 5.92 Å². The standard InChI is InChI=1S/C24H27N3O6S/c1-15(28)27-11-10-16(14-27)12-21(23(29)26-22-9-4-18(13-25-22)24(30)31)17-2-5-19(6-3-17)34(32,33)20-7-8-20/h2-6,9,13,16,20-21H,7-8,10-12,14H2,1H3,(H,30,31)(H,25,26,29). The highest BCUT2D eigenvalue weighted by Crippen LogP contribution is 2.35. The molecule has 1 aliphatic heterocycles. The van der Waals surface area contributed by atoms with Gasteiger partial charge in [-0.3, -0.25) is 9.59 Å². The molecule has 0 bridgehead atoms. The SMILES string of the molecule is CC(=O)N1CCC(CC(C(=O)Nc2ccc(C(=O)O)cn2)c2ccc(S(=O)(=O)C3CC3)cc2)C1. The zero-order valence-electron chi connectivity index (χ0n) is 18.8. The minimum atomic E-state index is -3.33. The van der Waals surface area contributed by atoms with Gasteiger partial charge in [0.15, 0.2) is 9.84 Å². The molecule has 9 nitrogen and oxygen atoms in total. The lowest BCUT2D eigenvalue weighted by Crippen LogP contribution is -2.28. The van der Waals surface area contributed by atoms with Gasteiger partial charge in [-0.15, -0.1) is 0 Å².